The van der Waals surface area contributed by atoms with E-state index in [0.717, 1.165) is 18.9 Å². The number of piperazine rings is 1. The van der Waals surface area contributed by atoms with E-state index in [9.17, 15) is 4.79 Å². The molecule has 0 radical (unpaired) electrons. The van der Waals surface area contributed by atoms with Crippen LogP contribution in [0.4, 0.5) is 17.5 Å². The predicted octanol–water partition coefficient (Wildman–Crippen LogP) is 2.45. The number of nitrogens with one attached hydrogen (secondary N) is 1. The summed E-state index contributed by atoms with van der Waals surface area (Å²) in [6.45, 7) is 2.69. The first-order chi connectivity index (χ1) is 14.2. The molecule has 0 spiro atoms. The molecule has 1 N–H and O–H groups in total. The van der Waals surface area contributed by atoms with E-state index in [4.69, 9.17) is 5.26 Å². The van der Waals surface area contributed by atoms with E-state index in [0.29, 0.717) is 35.9 Å². The molecular weight excluding hydrogens is 366 g/mol. The topological polar surface area (TPSA) is 98.0 Å². The quantitative estimate of drug-likeness (QED) is 0.736. The summed E-state index contributed by atoms with van der Waals surface area (Å²) in [6.07, 6.45) is 4.80. The van der Waals surface area contributed by atoms with Gasteiger partial charge in [0, 0.05) is 44.8 Å². The van der Waals surface area contributed by atoms with Crippen LogP contribution >= 0.6 is 0 Å². The van der Waals surface area contributed by atoms with Gasteiger partial charge >= 0.3 is 0 Å². The lowest BCUT2D eigenvalue weighted by Gasteiger charge is -2.35. The van der Waals surface area contributed by atoms with Crippen molar-refractivity contribution >= 4 is 23.4 Å². The maximum Gasteiger partial charge on any atom is 0.257 e. The lowest BCUT2D eigenvalue weighted by atomic mass is 10.2. The number of aromatic nitrogens is 3. The summed E-state index contributed by atoms with van der Waals surface area (Å²) in [5.41, 5.74) is 1.57. The van der Waals surface area contributed by atoms with Gasteiger partial charge < -0.3 is 15.1 Å². The van der Waals surface area contributed by atoms with Gasteiger partial charge in [-0.3, -0.25) is 4.79 Å². The van der Waals surface area contributed by atoms with Gasteiger partial charge in [-0.05, 0) is 24.3 Å². The van der Waals surface area contributed by atoms with Gasteiger partial charge in [0.15, 0.2) is 0 Å². The molecule has 8 heteroatoms. The fourth-order valence-corrected chi connectivity index (χ4v) is 3.18. The van der Waals surface area contributed by atoms with Crippen molar-refractivity contribution in [3.8, 4) is 6.07 Å². The van der Waals surface area contributed by atoms with Crippen LogP contribution < -0.4 is 10.2 Å². The Hall–Kier alpha value is -3.99. The zero-order valence-electron chi connectivity index (χ0n) is 15.7. The van der Waals surface area contributed by atoms with Crippen molar-refractivity contribution in [1.82, 2.24) is 19.9 Å². The molecule has 144 valence electrons. The zero-order chi connectivity index (χ0) is 20.1. The Morgan fingerprint density at radius 2 is 1.69 bits per heavy atom. The average Bonchev–Trinajstić information content (AvgIpc) is 2.80. The molecule has 1 amide bonds. The fourth-order valence-electron chi connectivity index (χ4n) is 3.18. The average molecular weight is 385 g/mol. The number of carbonyl (C=O) groups is 1. The maximum atomic E-state index is 12.8. The molecule has 0 unspecified atom stereocenters. The summed E-state index contributed by atoms with van der Waals surface area (Å²) in [5.74, 6) is 1.18. The van der Waals surface area contributed by atoms with E-state index in [2.05, 4.69) is 31.2 Å². The largest absolute Gasteiger partial charge is 0.353 e. The van der Waals surface area contributed by atoms with Crippen molar-refractivity contribution in [2.75, 3.05) is 36.4 Å². The van der Waals surface area contributed by atoms with Gasteiger partial charge in [-0.15, -0.1) is 0 Å². The first-order valence-corrected chi connectivity index (χ1v) is 9.28. The van der Waals surface area contributed by atoms with Crippen LogP contribution in [-0.4, -0.2) is 51.9 Å². The van der Waals surface area contributed by atoms with Crippen molar-refractivity contribution in [1.29, 1.82) is 5.26 Å². The van der Waals surface area contributed by atoms with Crippen molar-refractivity contribution < 1.29 is 4.79 Å². The highest BCUT2D eigenvalue weighted by molar-refractivity contribution is 5.94. The Bertz CT molecular complexity index is 1020. The van der Waals surface area contributed by atoms with E-state index in [1.54, 1.807) is 29.3 Å². The molecule has 1 aliphatic rings. The lowest BCUT2D eigenvalue weighted by Crippen LogP contribution is -2.49. The summed E-state index contributed by atoms with van der Waals surface area (Å²) in [7, 11) is 0. The van der Waals surface area contributed by atoms with Crippen molar-refractivity contribution in [2.45, 2.75) is 0 Å². The number of carbonyl (C=O) groups excluding carboxylic acids is 1. The number of nitrogens with zero attached hydrogens (tertiary/aromatic N) is 6. The molecule has 4 rings (SSSR count). The highest BCUT2D eigenvalue weighted by atomic mass is 16.2. The van der Waals surface area contributed by atoms with Crippen LogP contribution in [0.2, 0.25) is 0 Å². The second kappa shape index (κ2) is 8.35. The van der Waals surface area contributed by atoms with Crippen LogP contribution in [0.5, 0.6) is 0 Å². The summed E-state index contributed by atoms with van der Waals surface area (Å²) in [5, 5.41) is 12.2. The Morgan fingerprint density at radius 3 is 2.38 bits per heavy atom. The molecule has 0 bridgehead atoms. The summed E-state index contributed by atoms with van der Waals surface area (Å²) in [4.78, 5) is 29.5. The number of pyridine rings is 1. The number of amides is 1. The molecule has 0 saturated carbocycles. The molecule has 0 atom stereocenters. The Balaban J connectivity index is 1.38. The maximum absolute atomic E-state index is 12.8. The number of hydrogen-bond acceptors (Lipinski definition) is 7. The second-order valence-electron chi connectivity index (χ2n) is 6.54. The minimum absolute atomic E-state index is 0.0883. The third-order valence-electron chi connectivity index (χ3n) is 4.73. The molecule has 3 heterocycles. The van der Waals surface area contributed by atoms with Crippen LogP contribution in [0, 0.1) is 11.3 Å². The second-order valence-corrected chi connectivity index (χ2v) is 6.54. The molecule has 1 saturated heterocycles. The summed E-state index contributed by atoms with van der Waals surface area (Å²) < 4.78 is 0. The monoisotopic (exact) mass is 385 g/mol. The smallest absolute Gasteiger partial charge is 0.257 e. The minimum atomic E-state index is -0.0883. The number of hydrogen-bond donors (Lipinski definition) is 1. The molecule has 29 heavy (non-hydrogen) atoms. The van der Waals surface area contributed by atoms with Gasteiger partial charge in [0.1, 0.15) is 11.9 Å². The zero-order valence-corrected chi connectivity index (χ0v) is 15.7. The van der Waals surface area contributed by atoms with E-state index < -0.39 is 0 Å². The SMILES string of the molecule is N#Cc1ccccc1Nc1ncc(C(=O)N2CCN(c3ccccn3)CC2)cn1. The van der Waals surface area contributed by atoms with Gasteiger partial charge in [0.2, 0.25) is 5.95 Å². The van der Waals surface area contributed by atoms with Crippen LogP contribution in [0.1, 0.15) is 15.9 Å². The summed E-state index contributed by atoms with van der Waals surface area (Å²) >= 11 is 0. The number of benzene rings is 1. The third kappa shape index (κ3) is 4.14. The standard InChI is InChI=1S/C21H19N7O/c22-13-16-5-1-2-6-18(16)26-21-24-14-17(15-25-21)20(29)28-11-9-27(10-12-28)19-7-3-4-8-23-19/h1-8,14-15H,9-12H2,(H,24,25,26). The van der Waals surface area contributed by atoms with Gasteiger partial charge in [-0.1, -0.05) is 18.2 Å². The number of nitriles is 1. The van der Waals surface area contributed by atoms with Gasteiger partial charge in [0.25, 0.3) is 5.91 Å². The van der Waals surface area contributed by atoms with Crippen LogP contribution in [0.3, 0.4) is 0 Å². The number of anilines is 3. The van der Waals surface area contributed by atoms with Crippen molar-refractivity contribution in [3.63, 3.8) is 0 Å². The molecular formula is C21H19N7O. The van der Waals surface area contributed by atoms with Crippen LogP contribution in [0.15, 0.2) is 61.1 Å². The normalized spacial score (nSPS) is 13.6. The molecule has 0 aliphatic carbocycles. The first kappa shape index (κ1) is 18.4. The Morgan fingerprint density at radius 1 is 0.966 bits per heavy atom. The molecule has 1 aromatic carbocycles. The van der Waals surface area contributed by atoms with Crippen molar-refractivity contribution in [3.05, 3.63) is 72.2 Å². The van der Waals surface area contributed by atoms with E-state index >= 15 is 0 Å². The van der Waals surface area contributed by atoms with Gasteiger partial charge in [0.05, 0.1) is 16.8 Å². The van der Waals surface area contributed by atoms with Gasteiger partial charge in [-0.2, -0.15) is 5.26 Å². The van der Waals surface area contributed by atoms with Crippen molar-refractivity contribution in [2.24, 2.45) is 0 Å². The van der Waals surface area contributed by atoms with E-state index in [-0.39, 0.29) is 5.91 Å². The number of rotatable bonds is 4. The van der Waals surface area contributed by atoms with E-state index in [1.807, 2.05) is 24.3 Å². The predicted molar refractivity (Wildman–Crippen MR) is 109 cm³/mol. The summed E-state index contributed by atoms with van der Waals surface area (Å²) in [6, 6.07) is 15.0. The molecule has 1 aliphatic heterocycles. The lowest BCUT2D eigenvalue weighted by molar-refractivity contribution is 0.0745. The fraction of sp³-hybridized carbons (Fsp3) is 0.190. The molecule has 1 fully saturated rings. The van der Waals surface area contributed by atoms with Crippen LogP contribution in [0.25, 0.3) is 0 Å². The molecule has 3 aromatic rings. The third-order valence-corrected chi connectivity index (χ3v) is 4.73. The highest BCUT2D eigenvalue weighted by Gasteiger charge is 2.23. The molecule has 8 nitrogen and oxygen atoms in total. The van der Waals surface area contributed by atoms with Crippen LogP contribution in [-0.2, 0) is 0 Å². The Labute approximate surface area is 168 Å². The Kier molecular flexibility index (Phi) is 5.29. The minimum Gasteiger partial charge on any atom is -0.353 e. The number of para-hydroxylation sites is 1. The molecule has 2 aromatic heterocycles. The highest BCUT2D eigenvalue weighted by Crippen LogP contribution is 2.18. The van der Waals surface area contributed by atoms with Gasteiger partial charge in [-0.25, -0.2) is 15.0 Å². The van der Waals surface area contributed by atoms with E-state index in [1.165, 1.54) is 12.4 Å². The first-order valence-electron chi connectivity index (χ1n) is 9.28.